The van der Waals surface area contributed by atoms with E-state index in [4.69, 9.17) is 0 Å². The molecule has 1 aliphatic rings. The van der Waals surface area contributed by atoms with Crippen molar-refractivity contribution in [3.63, 3.8) is 0 Å². The van der Waals surface area contributed by atoms with E-state index in [1.165, 1.54) is 6.42 Å². The fourth-order valence-electron chi connectivity index (χ4n) is 1.18. The Morgan fingerprint density at radius 3 is 2.22 bits per heavy atom. The van der Waals surface area contributed by atoms with E-state index in [1.54, 1.807) is 0 Å². The molecule has 0 radical (unpaired) electrons. The monoisotopic (exact) mass is 122 g/mol. The van der Waals surface area contributed by atoms with E-state index in [1.807, 2.05) is 0 Å². The fourth-order valence-corrected chi connectivity index (χ4v) is 1.18. The summed E-state index contributed by atoms with van der Waals surface area (Å²) in [6.45, 7) is 4.53. The highest BCUT2D eigenvalue weighted by atomic mass is 14.1. The van der Waals surface area contributed by atoms with Crippen molar-refractivity contribution >= 4 is 0 Å². The molecule has 0 aromatic carbocycles. The Morgan fingerprint density at radius 2 is 1.78 bits per heavy atom. The minimum absolute atomic E-state index is 0.727. The molecule has 1 aliphatic carbocycles. The van der Waals surface area contributed by atoms with Crippen LogP contribution in [0.2, 0.25) is 0 Å². The van der Waals surface area contributed by atoms with Gasteiger partial charge in [-0.3, -0.25) is 0 Å². The average molecular weight is 122 g/mol. The van der Waals surface area contributed by atoms with Gasteiger partial charge in [0.25, 0.3) is 0 Å². The van der Waals surface area contributed by atoms with Crippen molar-refractivity contribution in [2.24, 2.45) is 11.8 Å². The summed E-state index contributed by atoms with van der Waals surface area (Å²) in [5, 5.41) is 0. The molecule has 50 valence electrons. The summed E-state index contributed by atoms with van der Waals surface area (Å²) in [7, 11) is 0. The molecule has 0 saturated carbocycles. The first kappa shape index (κ1) is 6.60. The minimum Gasteiger partial charge on any atom is -0.0776 e. The molecule has 0 heterocycles. The molecule has 0 amide bonds. The Labute approximate surface area is 57.3 Å². The van der Waals surface area contributed by atoms with Crippen LogP contribution in [0.3, 0.4) is 0 Å². The molecular weight excluding hydrogens is 108 g/mol. The zero-order valence-electron chi connectivity index (χ0n) is 6.17. The predicted octanol–water partition coefficient (Wildman–Crippen LogP) is 2.77. The highest BCUT2D eigenvalue weighted by molar-refractivity contribution is 5.17. The van der Waals surface area contributed by atoms with Gasteiger partial charge >= 0.3 is 0 Å². The maximum atomic E-state index is 2.26. The molecule has 0 aliphatic heterocycles. The Balaban J connectivity index is 2.29. The van der Waals surface area contributed by atoms with Crippen LogP contribution >= 0.6 is 0 Å². The van der Waals surface area contributed by atoms with Crippen molar-refractivity contribution in [1.82, 2.24) is 0 Å². The summed E-state index contributed by atoms with van der Waals surface area (Å²) in [6, 6.07) is 0. The van der Waals surface area contributed by atoms with E-state index in [9.17, 15) is 0 Å². The largest absolute Gasteiger partial charge is 0.0776 e. The Morgan fingerprint density at radius 1 is 1.22 bits per heavy atom. The zero-order chi connectivity index (χ0) is 6.69. The lowest BCUT2D eigenvalue weighted by Crippen LogP contribution is -1.95. The van der Waals surface area contributed by atoms with Crippen molar-refractivity contribution in [2.45, 2.75) is 20.3 Å². The van der Waals surface area contributed by atoms with Gasteiger partial charge in [-0.1, -0.05) is 38.2 Å². The molecule has 0 fully saturated rings. The molecule has 0 atom stereocenters. The maximum Gasteiger partial charge on any atom is -0.00448 e. The lowest BCUT2D eigenvalue weighted by molar-refractivity contribution is 0.536. The zero-order valence-corrected chi connectivity index (χ0v) is 6.17. The van der Waals surface area contributed by atoms with Gasteiger partial charge in [-0.15, -0.1) is 0 Å². The standard InChI is InChI=1S/C9H14/c1-8(2)7-9-5-3-4-6-9/h3-6,8-9H,7H2,1-2H3. The van der Waals surface area contributed by atoms with Crippen molar-refractivity contribution in [1.29, 1.82) is 0 Å². The molecule has 0 N–H and O–H groups in total. The summed E-state index contributed by atoms with van der Waals surface area (Å²) in [5.41, 5.74) is 0. The fraction of sp³-hybridized carbons (Fsp3) is 0.556. The van der Waals surface area contributed by atoms with Crippen LogP contribution < -0.4 is 0 Å². The van der Waals surface area contributed by atoms with Gasteiger partial charge in [-0.05, 0) is 18.3 Å². The second-order valence-corrected chi connectivity index (χ2v) is 3.06. The van der Waals surface area contributed by atoms with Crippen LogP contribution in [0.4, 0.5) is 0 Å². The summed E-state index contributed by atoms with van der Waals surface area (Å²) in [6.07, 6.45) is 10.1. The van der Waals surface area contributed by atoms with Crippen molar-refractivity contribution < 1.29 is 0 Å². The summed E-state index contributed by atoms with van der Waals surface area (Å²) in [4.78, 5) is 0. The van der Waals surface area contributed by atoms with Gasteiger partial charge in [-0.2, -0.15) is 0 Å². The first-order valence-electron chi connectivity index (χ1n) is 3.64. The smallest absolute Gasteiger partial charge is 0.00448 e. The third kappa shape index (κ3) is 2.05. The molecule has 0 aromatic heterocycles. The van der Waals surface area contributed by atoms with Crippen molar-refractivity contribution in [3.05, 3.63) is 24.3 Å². The maximum absolute atomic E-state index is 2.26. The summed E-state index contributed by atoms with van der Waals surface area (Å²) >= 11 is 0. The van der Waals surface area contributed by atoms with Crippen molar-refractivity contribution in [2.75, 3.05) is 0 Å². The van der Waals surface area contributed by atoms with Gasteiger partial charge in [0.2, 0.25) is 0 Å². The molecule has 1 rings (SSSR count). The van der Waals surface area contributed by atoms with E-state index in [2.05, 4.69) is 38.2 Å². The van der Waals surface area contributed by atoms with Crippen LogP contribution in [0.5, 0.6) is 0 Å². The van der Waals surface area contributed by atoms with E-state index in [-0.39, 0.29) is 0 Å². The number of rotatable bonds is 2. The third-order valence-corrected chi connectivity index (χ3v) is 1.57. The molecule has 0 bridgehead atoms. The SMILES string of the molecule is CC(C)CC1C=CC=C1. The van der Waals surface area contributed by atoms with Gasteiger partial charge in [0.05, 0.1) is 0 Å². The van der Waals surface area contributed by atoms with Crippen LogP contribution in [0, 0.1) is 11.8 Å². The third-order valence-electron chi connectivity index (χ3n) is 1.57. The molecule has 0 nitrogen and oxygen atoms in total. The topological polar surface area (TPSA) is 0 Å². The van der Waals surface area contributed by atoms with E-state index < -0.39 is 0 Å². The highest BCUT2D eigenvalue weighted by Gasteiger charge is 2.04. The molecule has 0 heteroatoms. The normalized spacial score (nSPS) is 18.1. The second-order valence-electron chi connectivity index (χ2n) is 3.06. The average Bonchev–Trinajstić information content (AvgIpc) is 2.15. The van der Waals surface area contributed by atoms with Gasteiger partial charge in [0.1, 0.15) is 0 Å². The molecule has 0 unspecified atom stereocenters. The summed E-state index contributed by atoms with van der Waals surface area (Å²) in [5.74, 6) is 1.55. The Bertz CT molecular complexity index is 117. The number of allylic oxidation sites excluding steroid dienone is 4. The van der Waals surface area contributed by atoms with Gasteiger partial charge < -0.3 is 0 Å². The van der Waals surface area contributed by atoms with Crippen LogP contribution in [0.1, 0.15) is 20.3 Å². The predicted molar refractivity (Wildman–Crippen MR) is 41.2 cm³/mol. The summed E-state index contributed by atoms with van der Waals surface area (Å²) < 4.78 is 0. The highest BCUT2D eigenvalue weighted by Crippen LogP contribution is 2.17. The van der Waals surface area contributed by atoms with Gasteiger partial charge in [0.15, 0.2) is 0 Å². The van der Waals surface area contributed by atoms with Crippen LogP contribution in [-0.4, -0.2) is 0 Å². The van der Waals surface area contributed by atoms with E-state index in [0.717, 1.165) is 11.8 Å². The second kappa shape index (κ2) is 2.86. The van der Waals surface area contributed by atoms with Crippen molar-refractivity contribution in [3.8, 4) is 0 Å². The first-order chi connectivity index (χ1) is 4.29. The van der Waals surface area contributed by atoms with Gasteiger partial charge in [-0.25, -0.2) is 0 Å². The number of hydrogen-bond acceptors (Lipinski definition) is 0. The lowest BCUT2D eigenvalue weighted by atomic mass is 9.99. The van der Waals surface area contributed by atoms with Gasteiger partial charge in [0, 0.05) is 0 Å². The molecule has 9 heavy (non-hydrogen) atoms. The molecular formula is C9H14. The molecule has 0 spiro atoms. The lowest BCUT2D eigenvalue weighted by Gasteiger charge is -2.06. The van der Waals surface area contributed by atoms with E-state index in [0.29, 0.717) is 0 Å². The first-order valence-corrected chi connectivity index (χ1v) is 3.64. The molecule has 0 saturated heterocycles. The molecule has 0 aromatic rings. The van der Waals surface area contributed by atoms with Crippen LogP contribution in [0.25, 0.3) is 0 Å². The van der Waals surface area contributed by atoms with Crippen LogP contribution in [-0.2, 0) is 0 Å². The Hall–Kier alpha value is -0.520. The Kier molecular flexibility index (Phi) is 2.10. The minimum atomic E-state index is 0.727. The van der Waals surface area contributed by atoms with E-state index >= 15 is 0 Å². The number of hydrogen-bond donors (Lipinski definition) is 0. The van der Waals surface area contributed by atoms with Crippen LogP contribution in [0.15, 0.2) is 24.3 Å². The quantitative estimate of drug-likeness (QED) is 0.528.